The number of aliphatic hydroxyl groups is 1. The first-order valence-electron chi connectivity index (χ1n) is 13.0. The highest BCUT2D eigenvalue weighted by Gasteiger charge is 2.80. The minimum atomic E-state index is -7.36. The highest BCUT2D eigenvalue weighted by molar-refractivity contribution is 7.98. The van der Waals surface area contributed by atoms with E-state index in [-0.39, 0.29) is 20.9 Å². The normalized spacial score (nSPS) is 15.1. The predicted octanol–water partition coefficient (Wildman–Crippen LogP) is 9.48. The molecule has 250 valence electrons. The van der Waals surface area contributed by atoms with Gasteiger partial charge in [-0.05, 0) is 60.7 Å². The summed E-state index contributed by atoms with van der Waals surface area (Å²) in [4.78, 5) is 0. The fraction of sp³-hybridized carbons (Fsp3) is 0.161. The van der Waals surface area contributed by atoms with Gasteiger partial charge < -0.3 is 9.84 Å². The molecule has 0 amide bonds. The second-order valence-electron chi connectivity index (χ2n) is 9.67. The molecule has 0 radical (unpaired) electrons. The molecule has 1 atom stereocenters. The van der Waals surface area contributed by atoms with Crippen molar-refractivity contribution in [2.75, 3.05) is 0 Å². The molecule has 4 aromatic carbocycles. The summed E-state index contributed by atoms with van der Waals surface area (Å²) < 4.78 is 164. The molecule has 3 nitrogen and oxygen atoms in total. The number of ether oxygens (including phenoxy) is 2. The summed E-state index contributed by atoms with van der Waals surface area (Å²) in [6.45, 7) is 0. The molecule has 4 aromatic rings. The van der Waals surface area contributed by atoms with E-state index in [1.807, 2.05) is 0 Å². The van der Waals surface area contributed by atoms with Crippen LogP contribution >= 0.6 is 18.9 Å². The number of hydrogen-bond donors (Lipinski definition) is 1. The zero-order valence-electron chi connectivity index (χ0n) is 23.2. The van der Waals surface area contributed by atoms with E-state index in [1.165, 1.54) is 91.0 Å². The van der Waals surface area contributed by atoms with Gasteiger partial charge in [0.05, 0.1) is 0 Å². The molecule has 1 N–H and O–H groups in total. The van der Waals surface area contributed by atoms with Gasteiger partial charge in [0.25, 0.3) is 5.76 Å². The van der Waals surface area contributed by atoms with E-state index in [4.69, 9.17) is 16.3 Å². The summed E-state index contributed by atoms with van der Waals surface area (Å²) in [5, 5.41) is 11.4. The Hall–Kier alpha value is -3.87. The van der Waals surface area contributed by atoms with Gasteiger partial charge in [0, 0.05) is 5.02 Å². The van der Waals surface area contributed by atoms with Crippen molar-refractivity contribution in [2.24, 2.45) is 0 Å². The standard InChI is InChI=1S/C31H19ClF11O3P/c32-20-16-18-21(19-17-20)45-26(25(44)27(33,29(36,37)38)46-31(42,43)28(34,35)30(39,40)41)47(22-10-4-1-5-11-22,23-12-6-2-7-13-23)24-14-8-3-9-15-24/h1-19H/p+1/b26-25-. The number of aliphatic hydroxyl groups excluding tert-OH is 1. The molecule has 0 aliphatic heterocycles. The molecule has 0 aliphatic rings. The van der Waals surface area contributed by atoms with Crippen LogP contribution in [0.2, 0.25) is 5.02 Å². The van der Waals surface area contributed by atoms with Crippen LogP contribution < -0.4 is 20.7 Å². The van der Waals surface area contributed by atoms with E-state index in [9.17, 15) is 49.0 Å². The Morgan fingerprint density at radius 2 is 0.936 bits per heavy atom. The Balaban J connectivity index is 2.21. The number of rotatable bonds is 10. The number of alkyl halides is 11. The molecular weight excluding hydrogens is 696 g/mol. The van der Waals surface area contributed by atoms with E-state index in [0.717, 1.165) is 24.3 Å². The van der Waals surface area contributed by atoms with E-state index < -0.39 is 54.5 Å². The van der Waals surface area contributed by atoms with Gasteiger partial charge in [-0.1, -0.05) is 66.2 Å². The molecule has 0 aliphatic carbocycles. The van der Waals surface area contributed by atoms with E-state index in [0.29, 0.717) is 0 Å². The first kappa shape index (κ1) is 36.0. The van der Waals surface area contributed by atoms with Gasteiger partial charge in [-0.25, -0.2) is 0 Å². The highest BCUT2D eigenvalue weighted by Crippen LogP contribution is 2.65. The zero-order valence-corrected chi connectivity index (χ0v) is 24.9. The molecule has 16 heteroatoms. The van der Waals surface area contributed by atoms with Gasteiger partial charge in [0.15, 0.2) is 7.26 Å². The van der Waals surface area contributed by atoms with Gasteiger partial charge in [0.1, 0.15) is 21.7 Å². The topological polar surface area (TPSA) is 38.7 Å². The summed E-state index contributed by atoms with van der Waals surface area (Å²) in [6.07, 6.45) is -21.3. The van der Waals surface area contributed by atoms with E-state index in [2.05, 4.69) is 4.74 Å². The summed E-state index contributed by atoms with van der Waals surface area (Å²) in [6, 6.07) is 25.2. The lowest BCUT2D eigenvalue weighted by Gasteiger charge is -2.36. The lowest BCUT2D eigenvalue weighted by atomic mass is 10.2. The summed E-state index contributed by atoms with van der Waals surface area (Å²) >= 11 is 5.89. The molecule has 0 spiro atoms. The number of hydrogen-bond acceptors (Lipinski definition) is 3. The average Bonchev–Trinajstić information content (AvgIpc) is 3.01. The van der Waals surface area contributed by atoms with Crippen molar-refractivity contribution in [3.05, 3.63) is 132 Å². The predicted molar refractivity (Wildman–Crippen MR) is 154 cm³/mol. The maximum absolute atomic E-state index is 16.3. The maximum atomic E-state index is 16.3. The second-order valence-corrected chi connectivity index (χ2v) is 13.4. The molecule has 0 heterocycles. The van der Waals surface area contributed by atoms with Gasteiger partial charge in [-0.2, -0.15) is 48.3 Å². The lowest BCUT2D eigenvalue weighted by molar-refractivity contribution is -0.478. The smallest absolute Gasteiger partial charge is 0.462 e. The highest BCUT2D eigenvalue weighted by atomic mass is 35.5. The van der Waals surface area contributed by atoms with Crippen molar-refractivity contribution in [1.82, 2.24) is 0 Å². The Bertz CT molecular complexity index is 1590. The van der Waals surface area contributed by atoms with Gasteiger partial charge in [0.2, 0.25) is 0 Å². The van der Waals surface area contributed by atoms with E-state index in [1.54, 1.807) is 0 Å². The van der Waals surface area contributed by atoms with Crippen LogP contribution in [0.3, 0.4) is 0 Å². The minimum absolute atomic E-state index is 0.00446. The first-order chi connectivity index (χ1) is 21.8. The largest absolute Gasteiger partial charge is 0.501 e. The molecule has 1 unspecified atom stereocenters. The second kappa shape index (κ2) is 13.0. The zero-order chi connectivity index (χ0) is 34.9. The average molecular weight is 716 g/mol. The van der Waals surface area contributed by atoms with Crippen molar-refractivity contribution in [3.8, 4) is 5.75 Å². The van der Waals surface area contributed by atoms with Crippen LogP contribution in [-0.2, 0) is 4.74 Å². The number of halogens is 12. The Kier molecular flexibility index (Phi) is 9.93. The fourth-order valence-electron chi connectivity index (χ4n) is 4.43. The van der Waals surface area contributed by atoms with Crippen LogP contribution in [0.15, 0.2) is 127 Å². The fourth-order valence-corrected chi connectivity index (χ4v) is 8.71. The molecule has 47 heavy (non-hydrogen) atoms. The SMILES string of the molecule is O/C(=C(/Oc1ccc(Cl)cc1)[P+](c1ccccc1)(c1ccccc1)c1ccccc1)C(F)(OC(F)(F)C(F)(F)C(F)(F)F)C(F)(F)F. The van der Waals surface area contributed by atoms with Crippen molar-refractivity contribution < 1.29 is 62.9 Å². The third-order valence-electron chi connectivity index (χ3n) is 6.63. The monoisotopic (exact) mass is 715 g/mol. The van der Waals surface area contributed by atoms with Gasteiger partial charge in [-0.3, -0.25) is 4.74 Å². The molecule has 0 bridgehead atoms. The Morgan fingerprint density at radius 1 is 0.553 bits per heavy atom. The Morgan fingerprint density at radius 3 is 1.28 bits per heavy atom. The van der Waals surface area contributed by atoms with Crippen molar-refractivity contribution >= 4 is 34.8 Å². The molecule has 0 aromatic heterocycles. The molecule has 0 fully saturated rings. The maximum Gasteiger partial charge on any atom is 0.462 e. The molecular formula is C31H20ClF11O3P+. The van der Waals surface area contributed by atoms with E-state index >= 15 is 4.39 Å². The minimum Gasteiger partial charge on any atom is -0.501 e. The van der Waals surface area contributed by atoms with Crippen molar-refractivity contribution in [2.45, 2.75) is 30.2 Å². The third-order valence-corrected chi connectivity index (χ3v) is 11.0. The molecule has 0 saturated heterocycles. The van der Waals surface area contributed by atoms with Crippen molar-refractivity contribution in [1.29, 1.82) is 0 Å². The van der Waals surface area contributed by atoms with Crippen LogP contribution in [0.1, 0.15) is 0 Å². The van der Waals surface area contributed by atoms with Crippen LogP contribution in [-0.4, -0.2) is 35.3 Å². The molecule has 4 rings (SSSR count). The Labute approximate surface area is 265 Å². The van der Waals surface area contributed by atoms with Crippen LogP contribution in [0.4, 0.5) is 48.3 Å². The number of benzene rings is 4. The van der Waals surface area contributed by atoms with Crippen LogP contribution in [0.25, 0.3) is 0 Å². The summed E-state index contributed by atoms with van der Waals surface area (Å²) in [5.41, 5.74) is -1.48. The van der Waals surface area contributed by atoms with Gasteiger partial charge >= 0.3 is 35.7 Å². The summed E-state index contributed by atoms with van der Waals surface area (Å²) in [5.74, 6) is -17.1. The summed E-state index contributed by atoms with van der Waals surface area (Å²) in [7, 11) is -4.30. The lowest BCUT2D eigenvalue weighted by Crippen LogP contribution is -2.60. The van der Waals surface area contributed by atoms with Crippen LogP contribution in [0, 0.1) is 0 Å². The molecule has 0 saturated carbocycles. The van der Waals surface area contributed by atoms with Crippen LogP contribution in [0.5, 0.6) is 5.75 Å². The quantitative estimate of drug-likeness (QED) is 0.101. The van der Waals surface area contributed by atoms with Gasteiger partial charge in [-0.15, -0.1) is 0 Å². The van der Waals surface area contributed by atoms with Crippen molar-refractivity contribution in [3.63, 3.8) is 0 Å². The third kappa shape index (κ3) is 6.63. The first-order valence-corrected chi connectivity index (χ1v) is 15.2.